The van der Waals surface area contributed by atoms with Crippen molar-refractivity contribution >= 4 is 0 Å². The van der Waals surface area contributed by atoms with Gasteiger partial charge in [0.15, 0.2) is 0 Å². The third kappa shape index (κ3) is 3.23. The summed E-state index contributed by atoms with van der Waals surface area (Å²) >= 11 is 0. The molecule has 0 radical (unpaired) electrons. The van der Waals surface area contributed by atoms with E-state index >= 15 is 0 Å². The maximum Gasteiger partial charge on any atom is 0.0589 e. The number of hydrogen-bond donors (Lipinski definition) is 1. The van der Waals surface area contributed by atoms with E-state index in [9.17, 15) is 0 Å². The first-order valence-corrected chi connectivity index (χ1v) is 5.70. The Kier molecular flexibility index (Phi) is 5.45. The van der Waals surface area contributed by atoms with Crippen LogP contribution in [0, 0.1) is 0 Å². The quantitative estimate of drug-likeness (QED) is 0.719. The van der Waals surface area contributed by atoms with Crippen LogP contribution >= 0.6 is 0 Å². The van der Waals surface area contributed by atoms with Crippen LogP contribution in [0.4, 0.5) is 0 Å². The Morgan fingerprint density at radius 3 is 2.93 bits per heavy atom. The summed E-state index contributed by atoms with van der Waals surface area (Å²) in [5.74, 6) is 0. The molecule has 1 rings (SSSR count). The van der Waals surface area contributed by atoms with Crippen LogP contribution in [0.25, 0.3) is 0 Å². The van der Waals surface area contributed by atoms with Gasteiger partial charge < -0.3 is 10.1 Å². The summed E-state index contributed by atoms with van der Waals surface area (Å²) in [6.45, 7) is 5.44. The molecule has 0 aliphatic carbocycles. The van der Waals surface area contributed by atoms with Gasteiger partial charge in [0.05, 0.1) is 6.61 Å². The van der Waals surface area contributed by atoms with E-state index in [0.29, 0.717) is 12.1 Å². The molecule has 3 nitrogen and oxygen atoms in total. The van der Waals surface area contributed by atoms with Crippen LogP contribution in [0.3, 0.4) is 0 Å². The number of nitrogens with zero attached hydrogens (tertiary/aromatic N) is 1. The van der Waals surface area contributed by atoms with E-state index in [1.54, 1.807) is 7.11 Å². The average molecular weight is 200 g/mol. The van der Waals surface area contributed by atoms with Crippen LogP contribution in [0.5, 0.6) is 0 Å². The molecule has 0 aromatic rings. The largest absolute Gasteiger partial charge is 0.383 e. The second kappa shape index (κ2) is 6.38. The van der Waals surface area contributed by atoms with Gasteiger partial charge in [0.25, 0.3) is 0 Å². The Hall–Kier alpha value is -0.120. The summed E-state index contributed by atoms with van der Waals surface area (Å²) < 4.78 is 5.14. The fourth-order valence-corrected chi connectivity index (χ4v) is 2.26. The minimum absolute atomic E-state index is 0.590. The van der Waals surface area contributed by atoms with Crippen LogP contribution in [0.2, 0.25) is 0 Å². The molecule has 3 heteroatoms. The molecule has 2 unspecified atom stereocenters. The van der Waals surface area contributed by atoms with Gasteiger partial charge in [0.1, 0.15) is 0 Å². The lowest BCUT2D eigenvalue weighted by molar-refractivity contribution is 0.0814. The lowest BCUT2D eigenvalue weighted by atomic mass is 9.96. The minimum atomic E-state index is 0.590. The fraction of sp³-hybridized carbons (Fsp3) is 1.00. The van der Waals surface area contributed by atoms with E-state index in [-0.39, 0.29) is 0 Å². The molecular weight excluding hydrogens is 176 g/mol. The third-order valence-electron chi connectivity index (χ3n) is 3.28. The molecule has 0 bridgehead atoms. The van der Waals surface area contributed by atoms with Gasteiger partial charge >= 0.3 is 0 Å². The molecule has 1 heterocycles. The lowest BCUT2D eigenvalue weighted by Gasteiger charge is -2.39. The van der Waals surface area contributed by atoms with Crippen LogP contribution < -0.4 is 5.32 Å². The summed E-state index contributed by atoms with van der Waals surface area (Å²) in [7, 11) is 3.83. The molecule has 0 aromatic carbocycles. The fourth-order valence-electron chi connectivity index (χ4n) is 2.26. The van der Waals surface area contributed by atoms with Gasteiger partial charge in [0, 0.05) is 25.7 Å². The highest BCUT2D eigenvalue weighted by atomic mass is 16.5. The maximum absolute atomic E-state index is 5.14. The number of rotatable bonds is 5. The number of ether oxygens (including phenoxy) is 1. The van der Waals surface area contributed by atoms with Crippen LogP contribution in [-0.2, 0) is 4.74 Å². The van der Waals surface area contributed by atoms with E-state index in [1.807, 2.05) is 7.05 Å². The van der Waals surface area contributed by atoms with E-state index < -0.39 is 0 Å². The van der Waals surface area contributed by atoms with Crippen molar-refractivity contribution < 1.29 is 4.74 Å². The van der Waals surface area contributed by atoms with E-state index in [4.69, 9.17) is 4.74 Å². The minimum Gasteiger partial charge on any atom is -0.383 e. The van der Waals surface area contributed by atoms with Gasteiger partial charge in [0.2, 0.25) is 0 Å². The molecule has 2 atom stereocenters. The Morgan fingerprint density at radius 1 is 1.50 bits per heavy atom. The third-order valence-corrected chi connectivity index (χ3v) is 3.28. The van der Waals surface area contributed by atoms with Crippen molar-refractivity contribution in [1.82, 2.24) is 10.2 Å². The first kappa shape index (κ1) is 12.0. The number of hydrogen-bond acceptors (Lipinski definition) is 3. The molecule has 1 aliphatic rings. The Balaban J connectivity index is 2.41. The zero-order valence-electron chi connectivity index (χ0n) is 9.75. The molecule has 14 heavy (non-hydrogen) atoms. The molecule has 84 valence electrons. The van der Waals surface area contributed by atoms with Crippen LogP contribution in [-0.4, -0.2) is 50.8 Å². The SMILES string of the molecule is CNC(C)C1CCCCN1CCOC. The number of likely N-dealkylation sites (tertiary alicyclic amines) is 1. The van der Waals surface area contributed by atoms with E-state index in [2.05, 4.69) is 17.1 Å². The predicted octanol–water partition coefficient (Wildman–Crippen LogP) is 1.10. The number of nitrogens with one attached hydrogen (secondary N) is 1. The zero-order chi connectivity index (χ0) is 10.4. The first-order valence-electron chi connectivity index (χ1n) is 5.70. The van der Waals surface area contributed by atoms with Crippen molar-refractivity contribution in [2.45, 2.75) is 38.3 Å². The second-order valence-corrected chi connectivity index (χ2v) is 4.17. The van der Waals surface area contributed by atoms with Crippen molar-refractivity contribution in [3.8, 4) is 0 Å². The molecular formula is C11H24N2O. The standard InChI is InChI=1S/C11H24N2O/c1-10(12-2)11-6-4-5-7-13(11)8-9-14-3/h10-12H,4-9H2,1-3H3. The predicted molar refractivity (Wildman–Crippen MR) is 59.6 cm³/mol. The highest BCUT2D eigenvalue weighted by molar-refractivity contribution is 4.84. The maximum atomic E-state index is 5.14. The smallest absolute Gasteiger partial charge is 0.0589 e. The monoisotopic (exact) mass is 200 g/mol. The van der Waals surface area contributed by atoms with Crippen molar-refractivity contribution in [2.24, 2.45) is 0 Å². The van der Waals surface area contributed by atoms with E-state index in [1.165, 1.54) is 25.8 Å². The summed E-state index contributed by atoms with van der Waals surface area (Å²) in [6, 6.07) is 1.29. The van der Waals surface area contributed by atoms with Crippen LogP contribution in [0.1, 0.15) is 26.2 Å². The summed E-state index contributed by atoms with van der Waals surface area (Å²) in [4.78, 5) is 2.56. The molecule has 1 fully saturated rings. The molecule has 1 aliphatic heterocycles. The normalized spacial score (nSPS) is 26.4. The van der Waals surface area contributed by atoms with Gasteiger partial charge in [-0.3, -0.25) is 4.90 Å². The Morgan fingerprint density at radius 2 is 2.29 bits per heavy atom. The first-order chi connectivity index (χ1) is 6.79. The topological polar surface area (TPSA) is 24.5 Å². The molecule has 0 saturated carbocycles. The second-order valence-electron chi connectivity index (χ2n) is 4.17. The molecule has 1 saturated heterocycles. The van der Waals surface area contributed by atoms with Gasteiger partial charge in [-0.25, -0.2) is 0 Å². The molecule has 0 amide bonds. The lowest BCUT2D eigenvalue weighted by Crippen LogP contribution is -2.51. The Labute approximate surface area is 87.8 Å². The van der Waals surface area contributed by atoms with Crippen molar-refractivity contribution in [3.63, 3.8) is 0 Å². The van der Waals surface area contributed by atoms with Gasteiger partial charge in [-0.15, -0.1) is 0 Å². The number of methoxy groups -OCH3 is 1. The molecule has 0 spiro atoms. The van der Waals surface area contributed by atoms with Crippen molar-refractivity contribution in [1.29, 1.82) is 0 Å². The summed E-state index contributed by atoms with van der Waals surface area (Å²) in [6.07, 6.45) is 4.04. The zero-order valence-corrected chi connectivity index (χ0v) is 9.75. The van der Waals surface area contributed by atoms with Crippen LogP contribution in [0.15, 0.2) is 0 Å². The summed E-state index contributed by atoms with van der Waals surface area (Å²) in [5, 5.41) is 3.36. The average Bonchev–Trinajstić information content (AvgIpc) is 2.25. The van der Waals surface area contributed by atoms with Gasteiger partial charge in [-0.2, -0.15) is 0 Å². The molecule has 0 aromatic heterocycles. The number of likely N-dealkylation sites (N-methyl/N-ethyl adjacent to an activating group) is 1. The molecule has 1 N–H and O–H groups in total. The Bertz CT molecular complexity index is 152. The van der Waals surface area contributed by atoms with Crippen molar-refractivity contribution in [2.75, 3.05) is 33.9 Å². The van der Waals surface area contributed by atoms with Crippen molar-refractivity contribution in [3.05, 3.63) is 0 Å². The highest BCUT2D eigenvalue weighted by Gasteiger charge is 2.25. The van der Waals surface area contributed by atoms with Gasteiger partial charge in [-0.05, 0) is 33.4 Å². The number of piperidine rings is 1. The summed E-state index contributed by atoms with van der Waals surface area (Å²) in [5.41, 5.74) is 0. The van der Waals surface area contributed by atoms with E-state index in [0.717, 1.165) is 13.2 Å². The highest BCUT2D eigenvalue weighted by Crippen LogP contribution is 2.19. The van der Waals surface area contributed by atoms with Gasteiger partial charge in [-0.1, -0.05) is 6.42 Å².